The minimum absolute atomic E-state index is 0.869. The van der Waals surface area contributed by atoms with Crippen LogP contribution in [-0.2, 0) is 4.43 Å². The van der Waals surface area contributed by atoms with E-state index in [-0.39, 0.29) is 0 Å². The van der Waals surface area contributed by atoms with E-state index in [0.29, 0.717) is 0 Å². The fourth-order valence-corrected chi connectivity index (χ4v) is 0. The van der Waals surface area contributed by atoms with Gasteiger partial charge >= 0.3 is 6.18 Å². The van der Waals surface area contributed by atoms with Gasteiger partial charge in [0.2, 0.25) is 0 Å². The average molecular weight is 260 g/mol. The lowest BCUT2D eigenvalue weighted by molar-refractivity contribution is -0.112. The predicted octanol–water partition coefficient (Wildman–Crippen LogP) is 1.42. The van der Waals surface area contributed by atoms with E-state index in [9.17, 15) is 13.2 Å². The summed E-state index contributed by atoms with van der Waals surface area (Å²) >= 11 is 6.68. The third-order valence-electron chi connectivity index (χ3n) is 0.247. The van der Waals surface area contributed by atoms with Crippen molar-refractivity contribution in [2.24, 2.45) is 0 Å². The Bertz CT molecular complexity index is 78.6. The zero-order chi connectivity index (χ0) is 8.78. The third kappa shape index (κ3) is 11.5. The zero-order valence-corrected chi connectivity index (χ0v) is 9.72. The highest BCUT2D eigenvalue weighted by atomic mass is 79.9. The summed E-state index contributed by atoms with van der Waals surface area (Å²) < 4.78 is 35.5. The molecule has 0 N–H and O–H groups in total. The summed E-state index contributed by atoms with van der Waals surface area (Å²) in [6, 6.07) is 0. The molecule has 0 saturated heterocycles. The van der Waals surface area contributed by atoms with Crippen LogP contribution in [-0.4, -0.2) is 28.1 Å². The van der Waals surface area contributed by atoms with Crippen LogP contribution >= 0.6 is 27.5 Å². The van der Waals surface area contributed by atoms with Crippen LogP contribution in [0.1, 0.15) is 0 Å². The summed E-state index contributed by atoms with van der Waals surface area (Å²) in [5.74, 6) is 0. The van der Waals surface area contributed by atoms with Crippen LogP contribution in [0.15, 0.2) is 0 Å². The molecule has 10 heavy (non-hydrogen) atoms. The standard InChI is InChI=1S/C2HBrClF3.CH6OSi/c3-1(4)2(5,6)7;1-2-3/h1H;1,3H3. The van der Waals surface area contributed by atoms with Crippen molar-refractivity contribution < 1.29 is 17.6 Å². The molecular formula is C3H7BrClF3OSi. The van der Waals surface area contributed by atoms with E-state index < -0.39 is 10.5 Å². The Morgan fingerprint density at radius 1 is 1.60 bits per heavy atom. The van der Waals surface area contributed by atoms with Gasteiger partial charge in [-0.05, 0) is 0 Å². The minimum atomic E-state index is -4.32. The van der Waals surface area contributed by atoms with Crippen LogP contribution in [0, 0.1) is 0 Å². The van der Waals surface area contributed by atoms with Crippen molar-refractivity contribution in [1.82, 2.24) is 0 Å². The molecule has 0 aliphatic rings. The Hall–Kier alpha value is 0.737. The molecule has 0 fully saturated rings. The fourth-order valence-electron chi connectivity index (χ4n) is 0. The normalized spacial score (nSPS) is 13.8. The second-order valence-corrected chi connectivity index (χ2v) is 3.95. The summed E-state index contributed by atoms with van der Waals surface area (Å²) in [7, 11) is 2.56. The monoisotopic (exact) mass is 258 g/mol. The molecule has 0 aliphatic heterocycles. The lowest BCUT2D eigenvalue weighted by Crippen LogP contribution is -2.16. The number of halogens is 5. The lowest BCUT2D eigenvalue weighted by atomic mass is 10.8. The maximum Gasteiger partial charge on any atom is 0.414 e. The van der Waals surface area contributed by atoms with Gasteiger partial charge in [0.25, 0.3) is 0 Å². The summed E-state index contributed by atoms with van der Waals surface area (Å²) in [6.07, 6.45) is -4.32. The fraction of sp³-hybridized carbons (Fsp3) is 1.00. The van der Waals surface area contributed by atoms with Gasteiger partial charge in [0, 0.05) is 7.11 Å². The molecule has 0 saturated carbocycles. The van der Waals surface area contributed by atoms with Crippen LogP contribution in [0.25, 0.3) is 0 Å². The molecule has 64 valence electrons. The van der Waals surface area contributed by atoms with Gasteiger partial charge in [0.1, 0.15) is 10.5 Å². The van der Waals surface area contributed by atoms with Crippen molar-refractivity contribution in [2.75, 3.05) is 7.11 Å². The molecule has 7 heteroatoms. The second-order valence-electron chi connectivity index (χ2n) is 1.25. The first kappa shape index (κ1) is 13.3. The molecule has 1 unspecified atom stereocenters. The van der Waals surface area contributed by atoms with E-state index in [1.807, 2.05) is 0 Å². The predicted molar refractivity (Wildman–Crippen MR) is 41.6 cm³/mol. The smallest absolute Gasteiger partial charge is 0.414 e. The van der Waals surface area contributed by atoms with E-state index in [4.69, 9.17) is 0 Å². The van der Waals surface area contributed by atoms with Gasteiger partial charge in [0.15, 0.2) is 4.29 Å². The topological polar surface area (TPSA) is 9.23 Å². The molecule has 1 nitrogen and oxygen atoms in total. The number of rotatable bonds is 0. The Kier molecular flexibility index (Phi) is 8.60. The molecule has 1 atom stereocenters. The van der Waals surface area contributed by atoms with Gasteiger partial charge in [0.05, 0.1) is 0 Å². The average Bonchev–Trinajstić information content (AvgIpc) is 1.64. The molecule has 0 aromatic heterocycles. The molecule has 0 bridgehead atoms. The van der Waals surface area contributed by atoms with Gasteiger partial charge in [-0.1, -0.05) is 15.9 Å². The summed E-state index contributed by atoms with van der Waals surface area (Å²) in [4.78, 5) is 0. The number of hydrogen-bond acceptors (Lipinski definition) is 1. The van der Waals surface area contributed by atoms with E-state index in [0.717, 1.165) is 10.5 Å². The van der Waals surface area contributed by atoms with Gasteiger partial charge in [-0.3, -0.25) is 0 Å². The molecule has 0 aliphatic carbocycles. The van der Waals surface area contributed by atoms with Gasteiger partial charge in [-0.25, -0.2) is 0 Å². The first-order valence-electron chi connectivity index (χ1n) is 2.11. The quantitative estimate of drug-likeness (QED) is 0.472. The van der Waals surface area contributed by atoms with E-state index in [2.05, 4.69) is 32.0 Å². The van der Waals surface area contributed by atoms with Crippen molar-refractivity contribution in [3.63, 3.8) is 0 Å². The van der Waals surface area contributed by atoms with Crippen molar-refractivity contribution in [2.45, 2.75) is 10.5 Å². The highest BCUT2D eigenvalue weighted by molar-refractivity contribution is 9.10. The molecule has 0 radical (unpaired) electrons. The summed E-state index contributed by atoms with van der Waals surface area (Å²) in [5, 5.41) is 0. The second kappa shape index (κ2) is 6.45. The molecule has 0 aromatic rings. The summed E-state index contributed by atoms with van der Waals surface area (Å²) in [6.45, 7) is 0. The van der Waals surface area contributed by atoms with Crippen LogP contribution in [0.3, 0.4) is 0 Å². The highest BCUT2D eigenvalue weighted by Crippen LogP contribution is 2.28. The van der Waals surface area contributed by atoms with Gasteiger partial charge < -0.3 is 4.43 Å². The van der Waals surface area contributed by atoms with Crippen molar-refractivity contribution in [3.05, 3.63) is 0 Å². The van der Waals surface area contributed by atoms with Crippen molar-refractivity contribution in [1.29, 1.82) is 0 Å². The number of hydrogen-bond donors (Lipinski definition) is 0. The maximum atomic E-state index is 11.0. The van der Waals surface area contributed by atoms with Crippen LogP contribution in [0.4, 0.5) is 13.2 Å². The Morgan fingerprint density at radius 2 is 1.70 bits per heavy atom. The van der Waals surface area contributed by atoms with Gasteiger partial charge in [-0.15, -0.1) is 11.6 Å². The van der Waals surface area contributed by atoms with E-state index >= 15 is 0 Å². The Morgan fingerprint density at radius 3 is 1.70 bits per heavy atom. The third-order valence-corrected chi connectivity index (χ3v) is 1.01. The van der Waals surface area contributed by atoms with Crippen molar-refractivity contribution in [3.8, 4) is 0 Å². The maximum absolute atomic E-state index is 11.0. The Labute approximate surface area is 73.6 Å². The SMILES string of the molecule is CO[SiH3].FC(F)(F)C(Cl)Br. The molecule has 0 rings (SSSR count). The zero-order valence-electron chi connectivity index (χ0n) is 5.38. The molecule has 0 spiro atoms. The first-order valence-corrected chi connectivity index (χ1v) is 4.28. The molecule has 0 amide bonds. The molecule has 0 aromatic carbocycles. The van der Waals surface area contributed by atoms with Crippen LogP contribution in [0.5, 0.6) is 0 Å². The largest absolute Gasteiger partial charge is 0.431 e. The Balaban J connectivity index is 0. The van der Waals surface area contributed by atoms with E-state index in [1.54, 1.807) is 7.11 Å². The molecular weight excluding hydrogens is 252 g/mol. The van der Waals surface area contributed by atoms with Crippen LogP contribution in [0.2, 0.25) is 0 Å². The number of alkyl halides is 5. The van der Waals surface area contributed by atoms with E-state index in [1.165, 1.54) is 0 Å². The minimum Gasteiger partial charge on any atom is -0.431 e. The van der Waals surface area contributed by atoms with Crippen LogP contribution < -0.4 is 0 Å². The molecule has 0 heterocycles. The first-order chi connectivity index (χ1) is 4.36. The summed E-state index contributed by atoms with van der Waals surface area (Å²) in [5.41, 5.74) is 0. The van der Waals surface area contributed by atoms with Gasteiger partial charge in [-0.2, -0.15) is 13.2 Å². The van der Waals surface area contributed by atoms with Crippen molar-refractivity contribution >= 4 is 38.0 Å². The highest BCUT2D eigenvalue weighted by Gasteiger charge is 2.35. The lowest BCUT2D eigenvalue weighted by Gasteiger charge is -2.03.